The molecule has 7 nitrogen and oxygen atoms in total. The number of hydrogen-bond acceptors (Lipinski definition) is 7. The van der Waals surface area contributed by atoms with E-state index >= 15 is 0 Å². The summed E-state index contributed by atoms with van der Waals surface area (Å²) in [6.45, 7) is 2.75. The lowest BCUT2D eigenvalue weighted by Gasteiger charge is -2.28. The summed E-state index contributed by atoms with van der Waals surface area (Å²) in [5.74, 6) is 0.689. The van der Waals surface area contributed by atoms with Crippen LogP contribution in [0.5, 0.6) is 11.5 Å². The van der Waals surface area contributed by atoms with Gasteiger partial charge in [0, 0.05) is 32.1 Å². The third kappa shape index (κ3) is 4.94. The van der Waals surface area contributed by atoms with Crippen molar-refractivity contribution >= 4 is 17.3 Å². The number of methoxy groups -OCH3 is 1. The zero-order valence-electron chi connectivity index (χ0n) is 18.3. The largest absolute Gasteiger partial charge is 0.493 e. The quantitative estimate of drug-likeness (QED) is 0.421. The van der Waals surface area contributed by atoms with Crippen molar-refractivity contribution in [3.05, 3.63) is 66.4 Å². The maximum absolute atomic E-state index is 12.4. The van der Waals surface area contributed by atoms with E-state index < -0.39 is 5.97 Å². The number of rotatable bonds is 8. The van der Waals surface area contributed by atoms with Gasteiger partial charge >= 0.3 is 5.97 Å². The second-order valence-electron chi connectivity index (χ2n) is 7.48. The fourth-order valence-corrected chi connectivity index (χ4v) is 3.56. The van der Waals surface area contributed by atoms with Crippen LogP contribution in [0, 0.1) is 0 Å². The van der Waals surface area contributed by atoms with Crippen LogP contribution in [0.15, 0.2) is 60.7 Å². The number of hydrogen-bond donors (Lipinski definition) is 1. The van der Waals surface area contributed by atoms with Gasteiger partial charge in [-0.1, -0.05) is 24.3 Å². The number of pyridine rings is 1. The monoisotopic (exact) mass is 433 g/mol. The Morgan fingerprint density at radius 1 is 1.06 bits per heavy atom. The van der Waals surface area contributed by atoms with E-state index in [1.54, 1.807) is 6.07 Å². The van der Waals surface area contributed by atoms with Gasteiger partial charge in [0.25, 0.3) is 0 Å². The van der Waals surface area contributed by atoms with Crippen molar-refractivity contribution in [2.75, 3.05) is 50.7 Å². The highest BCUT2D eigenvalue weighted by Crippen LogP contribution is 2.33. The molecule has 1 aliphatic heterocycles. The number of aromatic nitrogens is 1. The van der Waals surface area contributed by atoms with E-state index in [0.29, 0.717) is 31.1 Å². The Morgan fingerprint density at radius 3 is 2.69 bits per heavy atom. The van der Waals surface area contributed by atoms with Gasteiger partial charge in [-0.15, -0.1) is 0 Å². The molecule has 7 heteroatoms. The van der Waals surface area contributed by atoms with Crippen LogP contribution in [0.25, 0.3) is 11.3 Å². The van der Waals surface area contributed by atoms with Crippen molar-refractivity contribution in [2.45, 2.75) is 6.42 Å². The van der Waals surface area contributed by atoms with Gasteiger partial charge in [0.05, 0.1) is 37.4 Å². The second kappa shape index (κ2) is 10.0. The highest BCUT2D eigenvalue weighted by molar-refractivity contribution is 5.91. The van der Waals surface area contributed by atoms with Crippen LogP contribution in [0.4, 0.5) is 11.4 Å². The summed E-state index contributed by atoms with van der Waals surface area (Å²) in [5.41, 5.74) is 3.96. The van der Waals surface area contributed by atoms with Crippen LogP contribution in [-0.2, 0) is 4.74 Å². The minimum Gasteiger partial charge on any atom is -0.493 e. The maximum atomic E-state index is 12.4. The SMILES string of the molecule is COC(=O)c1nc(-c2ccc3c(c2)NCCN3C)ccc1OCCCOc1ccccc1. The molecule has 1 N–H and O–H groups in total. The molecule has 0 amide bonds. The molecule has 1 aromatic heterocycles. The minimum absolute atomic E-state index is 0.164. The van der Waals surface area contributed by atoms with Crippen molar-refractivity contribution in [2.24, 2.45) is 0 Å². The lowest BCUT2D eigenvalue weighted by molar-refractivity contribution is 0.0588. The van der Waals surface area contributed by atoms with E-state index in [-0.39, 0.29) is 5.69 Å². The number of likely N-dealkylation sites (N-methyl/N-ethyl adjacent to an activating group) is 1. The zero-order valence-corrected chi connectivity index (χ0v) is 18.3. The van der Waals surface area contributed by atoms with Crippen LogP contribution in [-0.4, -0.2) is 51.4 Å². The highest BCUT2D eigenvalue weighted by Gasteiger charge is 2.19. The van der Waals surface area contributed by atoms with E-state index in [1.807, 2.05) is 42.5 Å². The van der Waals surface area contributed by atoms with Crippen LogP contribution in [0.2, 0.25) is 0 Å². The van der Waals surface area contributed by atoms with Gasteiger partial charge in [0.1, 0.15) is 5.75 Å². The molecule has 4 rings (SSSR count). The first-order valence-electron chi connectivity index (χ1n) is 10.6. The average Bonchev–Trinajstić information content (AvgIpc) is 2.84. The van der Waals surface area contributed by atoms with E-state index in [2.05, 4.69) is 34.4 Å². The normalized spacial score (nSPS) is 12.5. The molecule has 0 unspecified atom stereocenters. The number of fused-ring (bicyclic) bond motifs is 1. The van der Waals surface area contributed by atoms with Crippen LogP contribution in [0.1, 0.15) is 16.9 Å². The topological polar surface area (TPSA) is 72.9 Å². The van der Waals surface area contributed by atoms with Crippen molar-refractivity contribution in [3.8, 4) is 22.8 Å². The van der Waals surface area contributed by atoms with Crippen molar-refractivity contribution in [1.82, 2.24) is 4.98 Å². The first-order valence-corrected chi connectivity index (χ1v) is 10.6. The Balaban J connectivity index is 1.45. The summed E-state index contributed by atoms with van der Waals surface area (Å²) in [7, 11) is 3.41. The maximum Gasteiger partial charge on any atom is 0.360 e. The average molecular weight is 434 g/mol. The van der Waals surface area contributed by atoms with Gasteiger partial charge in [-0.3, -0.25) is 0 Å². The lowest BCUT2D eigenvalue weighted by Crippen LogP contribution is -2.30. The summed E-state index contributed by atoms with van der Waals surface area (Å²) in [5, 5.41) is 3.42. The lowest BCUT2D eigenvalue weighted by atomic mass is 10.1. The molecular formula is C25H27N3O4. The predicted octanol–water partition coefficient (Wildman–Crippen LogP) is 4.24. The Labute approximate surface area is 187 Å². The van der Waals surface area contributed by atoms with E-state index in [4.69, 9.17) is 14.2 Å². The molecule has 1 aliphatic rings. The standard InChI is InChI=1S/C25H27N3O4/c1-28-14-13-26-21-17-18(9-11-22(21)28)20-10-12-23(24(27-20)25(29)30-2)32-16-6-15-31-19-7-4-3-5-8-19/h3-5,7-12,17,26H,6,13-16H2,1-2H3. The van der Waals surface area contributed by atoms with E-state index in [0.717, 1.165) is 35.8 Å². The zero-order chi connectivity index (χ0) is 22.3. The second-order valence-corrected chi connectivity index (χ2v) is 7.48. The van der Waals surface area contributed by atoms with E-state index in [9.17, 15) is 4.79 Å². The van der Waals surface area contributed by atoms with Gasteiger partial charge in [-0.05, 0) is 36.4 Å². The third-order valence-electron chi connectivity index (χ3n) is 5.26. The van der Waals surface area contributed by atoms with Crippen molar-refractivity contribution in [3.63, 3.8) is 0 Å². The molecule has 32 heavy (non-hydrogen) atoms. The summed E-state index contributed by atoms with van der Waals surface area (Å²) in [4.78, 5) is 19.1. The summed E-state index contributed by atoms with van der Waals surface area (Å²) < 4.78 is 16.4. The Bertz CT molecular complexity index is 1070. The number of benzene rings is 2. The van der Waals surface area contributed by atoms with E-state index in [1.165, 1.54) is 7.11 Å². The molecule has 0 spiro atoms. The van der Waals surface area contributed by atoms with Crippen LogP contribution < -0.4 is 19.7 Å². The molecule has 0 fully saturated rings. The Morgan fingerprint density at radius 2 is 1.88 bits per heavy atom. The van der Waals surface area contributed by atoms with Gasteiger partial charge in [-0.2, -0.15) is 0 Å². The molecule has 0 bridgehead atoms. The molecule has 166 valence electrons. The van der Waals surface area contributed by atoms with Gasteiger partial charge in [0.15, 0.2) is 11.4 Å². The fraction of sp³-hybridized carbons (Fsp3) is 0.280. The number of anilines is 2. The van der Waals surface area contributed by atoms with Gasteiger partial charge in [0.2, 0.25) is 0 Å². The number of para-hydroxylation sites is 1. The van der Waals surface area contributed by atoms with Crippen molar-refractivity contribution < 1.29 is 19.0 Å². The predicted molar refractivity (Wildman–Crippen MR) is 125 cm³/mol. The third-order valence-corrected chi connectivity index (χ3v) is 5.26. The first-order chi connectivity index (χ1) is 15.7. The summed E-state index contributed by atoms with van der Waals surface area (Å²) in [6, 6.07) is 19.4. The molecule has 0 saturated heterocycles. The van der Waals surface area contributed by atoms with Crippen LogP contribution in [0.3, 0.4) is 0 Å². The number of nitrogens with zero attached hydrogens (tertiary/aromatic N) is 2. The fourth-order valence-electron chi connectivity index (χ4n) is 3.56. The number of nitrogens with one attached hydrogen (secondary N) is 1. The minimum atomic E-state index is -0.529. The first kappa shape index (κ1) is 21.5. The number of carbonyl (C=O) groups excluding carboxylic acids is 1. The summed E-state index contributed by atoms with van der Waals surface area (Å²) in [6.07, 6.45) is 0.668. The Hall–Kier alpha value is -3.74. The number of ether oxygens (including phenoxy) is 3. The summed E-state index contributed by atoms with van der Waals surface area (Å²) >= 11 is 0. The van der Waals surface area contributed by atoms with Crippen molar-refractivity contribution in [1.29, 1.82) is 0 Å². The highest BCUT2D eigenvalue weighted by atomic mass is 16.5. The van der Waals surface area contributed by atoms with Gasteiger partial charge < -0.3 is 24.4 Å². The molecule has 0 aliphatic carbocycles. The molecular weight excluding hydrogens is 406 g/mol. The number of carbonyl (C=O) groups is 1. The van der Waals surface area contributed by atoms with Crippen LogP contribution >= 0.6 is 0 Å². The Kier molecular flexibility index (Phi) is 6.75. The molecule has 2 aromatic carbocycles. The smallest absolute Gasteiger partial charge is 0.360 e. The number of esters is 1. The molecule has 2 heterocycles. The molecule has 0 radical (unpaired) electrons. The molecule has 0 saturated carbocycles. The molecule has 0 atom stereocenters. The molecule has 3 aromatic rings. The van der Waals surface area contributed by atoms with Gasteiger partial charge in [-0.25, -0.2) is 9.78 Å².